The molecule has 0 saturated carbocycles. The van der Waals surface area contributed by atoms with Gasteiger partial charge in [-0.25, -0.2) is 4.79 Å². The molecular formula is C21H27N3O3. The molecule has 27 heavy (non-hydrogen) atoms. The second-order valence-corrected chi connectivity index (χ2v) is 6.66. The number of benzene rings is 1. The first kappa shape index (κ1) is 19.2. The van der Waals surface area contributed by atoms with Gasteiger partial charge in [0.15, 0.2) is 0 Å². The first-order chi connectivity index (χ1) is 13.3. The summed E-state index contributed by atoms with van der Waals surface area (Å²) in [5, 5.41) is 3.02. The molecule has 6 nitrogen and oxygen atoms in total. The largest absolute Gasteiger partial charge is 0.485 e. The van der Waals surface area contributed by atoms with Crippen LogP contribution < -0.4 is 10.1 Å². The number of piperidine rings is 1. The average molecular weight is 369 g/mol. The van der Waals surface area contributed by atoms with Crippen LogP contribution in [0.5, 0.6) is 5.75 Å². The number of pyridine rings is 1. The van der Waals surface area contributed by atoms with Crippen molar-refractivity contribution < 1.29 is 14.3 Å². The molecule has 1 saturated heterocycles. The number of nitrogens with zero attached hydrogens (tertiary/aromatic N) is 2. The third-order valence-electron chi connectivity index (χ3n) is 4.77. The molecule has 2 amide bonds. The lowest BCUT2D eigenvalue weighted by Crippen LogP contribution is -2.46. The summed E-state index contributed by atoms with van der Waals surface area (Å²) in [5.74, 6) is 0.641. The van der Waals surface area contributed by atoms with Crippen molar-refractivity contribution in [3.63, 3.8) is 0 Å². The minimum atomic E-state index is -0.0790. The molecule has 1 aromatic heterocycles. The zero-order valence-electron chi connectivity index (χ0n) is 15.8. The molecule has 2 aromatic rings. The van der Waals surface area contributed by atoms with Gasteiger partial charge in [-0.15, -0.1) is 0 Å². The summed E-state index contributed by atoms with van der Waals surface area (Å²) in [4.78, 5) is 19.1. The molecular weight excluding hydrogens is 342 g/mol. The molecule has 144 valence electrons. The standard InChI is InChI=1S/C21H27N3O3/c1-26-15-12-18-9-5-7-14-24(18)21(25)23-19-10-2-3-11-20(19)27-16-17-8-4-6-13-22-17/h2-4,6,8,10-11,13,18H,5,7,9,12,14-16H2,1H3,(H,23,25)/t18-/m0/s1. The SMILES string of the molecule is COCC[C@@H]1CCCCN1C(=O)Nc1ccccc1OCc1ccccn1. The first-order valence-corrected chi connectivity index (χ1v) is 9.46. The lowest BCUT2D eigenvalue weighted by molar-refractivity contribution is 0.123. The zero-order valence-corrected chi connectivity index (χ0v) is 15.8. The van der Waals surface area contributed by atoms with Crippen LogP contribution in [-0.4, -0.2) is 42.2 Å². The van der Waals surface area contributed by atoms with Crippen LogP contribution in [0.25, 0.3) is 0 Å². The fourth-order valence-corrected chi connectivity index (χ4v) is 3.34. The number of methoxy groups -OCH3 is 1. The normalized spacial score (nSPS) is 16.8. The quantitative estimate of drug-likeness (QED) is 0.799. The summed E-state index contributed by atoms with van der Waals surface area (Å²) in [7, 11) is 1.70. The van der Waals surface area contributed by atoms with Gasteiger partial charge in [-0.3, -0.25) is 4.98 Å². The number of rotatable bonds is 7. The van der Waals surface area contributed by atoms with Gasteiger partial charge >= 0.3 is 6.03 Å². The lowest BCUT2D eigenvalue weighted by Gasteiger charge is -2.35. The Bertz CT molecular complexity index is 724. The van der Waals surface area contributed by atoms with E-state index >= 15 is 0 Å². The van der Waals surface area contributed by atoms with Crippen molar-refractivity contribution in [1.29, 1.82) is 0 Å². The fourth-order valence-electron chi connectivity index (χ4n) is 3.34. The molecule has 0 aliphatic carbocycles. The first-order valence-electron chi connectivity index (χ1n) is 9.46. The highest BCUT2D eigenvalue weighted by Crippen LogP contribution is 2.27. The Kier molecular flexibility index (Phi) is 7.04. The van der Waals surface area contributed by atoms with Crippen molar-refractivity contribution in [3.05, 3.63) is 54.4 Å². The highest BCUT2D eigenvalue weighted by molar-refractivity contribution is 5.91. The van der Waals surface area contributed by atoms with E-state index in [1.165, 1.54) is 0 Å². The van der Waals surface area contributed by atoms with Gasteiger partial charge in [0.25, 0.3) is 0 Å². The van der Waals surface area contributed by atoms with Crippen molar-refractivity contribution in [2.24, 2.45) is 0 Å². The van der Waals surface area contributed by atoms with E-state index in [9.17, 15) is 4.79 Å². The Morgan fingerprint density at radius 3 is 2.89 bits per heavy atom. The van der Waals surface area contributed by atoms with Crippen LogP contribution in [-0.2, 0) is 11.3 Å². The van der Waals surface area contributed by atoms with Crippen molar-refractivity contribution in [1.82, 2.24) is 9.88 Å². The number of urea groups is 1. The number of anilines is 1. The van der Waals surface area contributed by atoms with Crippen LogP contribution >= 0.6 is 0 Å². The number of ether oxygens (including phenoxy) is 2. The molecule has 1 atom stereocenters. The monoisotopic (exact) mass is 369 g/mol. The van der Waals surface area contributed by atoms with E-state index in [1.807, 2.05) is 47.4 Å². The molecule has 1 aliphatic heterocycles. The Hall–Kier alpha value is -2.60. The Morgan fingerprint density at radius 2 is 2.07 bits per heavy atom. The van der Waals surface area contributed by atoms with E-state index < -0.39 is 0 Å². The summed E-state index contributed by atoms with van der Waals surface area (Å²) in [6.07, 6.45) is 5.82. The Morgan fingerprint density at radius 1 is 1.22 bits per heavy atom. The predicted octanol–water partition coefficient (Wildman–Crippen LogP) is 4.08. The molecule has 0 spiro atoms. The van der Waals surface area contributed by atoms with Gasteiger partial charge in [0.2, 0.25) is 0 Å². The summed E-state index contributed by atoms with van der Waals surface area (Å²) >= 11 is 0. The number of carbonyl (C=O) groups is 1. The molecule has 0 bridgehead atoms. The lowest BCUT2D eigenvalue weighted by atomic mass is 10.00. The Balaban J connectivity index is 1.64. The maximum Gasteiger partial charge on any atom is 0.322 e. The summed E-state index contributed by atoms with van der Waals surface area (Å²) in [6.45, 7) is 1.79. The van der Waals surface area contributed by atoms with E-state index in [1.54, 1.807) is 13.3 Å². The summed E-state index contributed by atoms with van der Waals surface area (Å²) < 4.78 is 11.1. The second-order valence-electron chi connectivity index (χ2n) is 6.66. The molecule has 2 heterocycles. The number of para-hydroxylation sites is 2. The van der Waals surface area contributed by atoms with E-state index in [-0.39, 0.29) is 12.1 Å². The maximum absolute atomic E-state index is 12.9. The van der Waals surface area contributed by atoms with Crippen molar-refractivity contribution in [2.45, 2.75) is 38.3 Å². The number of hydrogen-bond donors (Lipinski definition) is 1. The molecule has 1 aromatic carbocycles. The molecule has 0 radical (unpaired) electrons. The fraction of sp³-hybridized carbons (Fsp3) is 0.429. The van der Waals surface area contributed by atoms with Gasteiger partial charge in [0.1, 0.15) is 12.4 Å². The number of amides is 2. The highest BCUT2D eigenvalue weighted by atomic mass is 16.5. The van der Waals surface area contributed by atoms with Crippen LogP contribution in [0, 0.1) is 0 Å². The molecule has 0 unspecified atom stereocenters. The molecule has 1 fully saturated rings. The van der Waals surface area contributed by atoms with E-state index in [2.05, 4.69) is 10.3 Å². The number of hydrogen-bond acceptors (Lipinski definition) is 4. The van der Waals surface area contributed by atoms with Crippen LogP contribution in [0.15, 0.2) is 48.7 Å². The van der Waals surface area contributed by atoms with Gasteiger partial charge in [0.05, 0.1) is 11.4 Å². The van der Waals surface area contributed by atoms with Gasteiger partial charge in [-0.2, -0.15) is 0 Å². The second kappa shape index (κ2) is 9.92. The molecule has 3 rings (SSSR count). The van der Waals surface area contributed by atoms with Crippen LogP contribution in [0.4, 0.5) is 10.5 Å². The van der Waals surface area contributed by atoms with E-state index in [4.69, 9.17) is 9.47 Å². The van der Waals surface area contributed by atoms with Crippen LogP contribution in [0.2, 0.25) is 0 Å². The number of carbonyl (C=O) groups excluding carboxylic acids is 1. The predicted molar refractivity (Wildman–Crippen MR) is 105 cm³/mol. The van der Waals surface area contributed by atoms with Gasteiger partial charge in [-0.1, -0.05) is 18.2 Å². The van der Waals surface area contributed by atoms with Gasteiger partial charge in [-0.05, 0) is 49.9 Å². The number of likely N-dealkylation sites (tertiary alicyclic amines) is 1. The minimum absolute atomic E-state index is 0.0790. The number of aromatic nitrogens is 1. The van der Waals surface area contributed by atoms with E-state index in [0.29, 0.717) is 24.7 Å². The average Bonchev–Trinajstić information content (AvgIpc) is 2.72. The number of nitrogens with one attached hydrogen (secondary N) is 1. The summed E-state index contributed by atoms with van der Waals surface area (Å²) in [6, 6.07) is 13.4. The van der Waals surface area contributed by atoms with Gasteiger partial charge < -0.3 is 19.7 Å². The topological polar surface area (TPSA) is 63.7 Å². The maximum atomic E-state index is 12.9. The van der Waals surface area contributed by atoms with Crippen molar-refractivity contribution >= 4 is 11.7 Å². The van der Waals surface area contributed by atoms with Crippen LogP contribution in [0.3, 0.4) is 0 Å². The van der Waals surface area contributed by atoms with Crippen molar-refractivity contribution in [2.75, 3.05) is 25.6 Å². The van der Waals surface area contributed by atoms with Crippen LogP contribution in [0.1, 0.15) is 31.4 Å². The van der Waals surface area contributed by atoms with E-state index in [0.717, 1.165) is 37.9 Å². The summed E-state index contributed by atoms with van der Waals surface area (Å²) in [5.41, 5.74) is 1.52. The zero-order chi connectivity index (χ0) is 18.9. The molecule has 6 heteroatoms. The Labute approximate surface area is 160 Å². The molecule has 1 N–H and O–H groups in total. The van der Waals surface area contributed by atoms with Crippen molar-refractivity contribution in [3.8, 4) is 5.75 Å². The smallest absolute Gasteiger partial charge is 0.322 e. The highest BCUT2D eigenvalue weighted by Gasteiger charge is 2.26. The molecule has 1 aliphatic rings. The third kappa shape index (κ3) is 5.44. The third-order valence-corrected chi connectivity index (χ3v) is 4.77. The minimum Gasteiger partial charge on any atom is -0.485 e. The van der Waals surface area contributed by atoms with Gasteiger partial charge in [0, 0.05) is 32.5 Å².